The molecule has 2 N–H and O–H groups in total. The van der Waals surface area contributed by atoms with Crippen molar-refractivity contribution in [3.05, 3.63) is 108 Å². The summed E-state index contributed by atoms with van der Waals surface area (Å²) in [6, 6.07) is 29.4. The fraction of sp³-hybridized carbons (Fsp3) is 0.319. The van der Waals surface area contributed by atoms with Gasteiger partial charge in [-0.2, -0.15) is 0 Å². The molecule has 0 atom stereocenters. The highest BCUT2D eigenvalue weighted by atomic mass is 35.5. The second-order valence-corrected chi connectivity index (χ2v) is 14.1. The first kappa shape index (κ1) is 38.6. The molecule has 280 valence electrons. The molecule has 0 amide bonds. The number of aromatic amines is 2. The van der Waals surface area contributed by atoms with Crippen molar-refractivity contribution in [1.82, 2.24) is 19.9 Å². The summed E-state index contributed by atoms with van der Waals surface area (Å²) in [5, 5.41) is 0. The van der Waals surface area contributed by atoms with Crippen molar-refractivity contribution in [2.24, 2.45) is 0 Å². The first-order valence-corrected chi connectivity index (χ1v) is 19.7. The lowest BCUT2D eigenvalue weighted by molar-refractivity contribution is 0.304. The van der Waals surface area contributed by atoms with Crippen molar-refractivity contribution in [3.8, 4) is 33.8 Å². The van der Waals surface area contributed by atoms with Gasteiger partial charge in [0.2, 0.25) is 0 Å². The minimum absolute atomic E-state index is 0. The van der Waals surface area contributed by atoms with E-state index in [2.05, 4.69) is 127 Å². The molecule has 0 spiro atoms. The van der Waals surface area contributed by atoms with E-state index in [4.69, 9.17) is 19.4 Å². The Kier molecular flexibility index (Phi) is 13.8. The quantitative estimate of drug-likeness (QED) is 0.0912. The van der Waals surface area contributed by atoms with E-state index < -0.39 is 0 Å². The molecular formula is C47H53ClN4O2. The number of fused-ring (bicyclic) bond motifs is 8. The summed E-state index contributed by atoms with van der Waals surface area (Å²) in [5.74, 6) is 1.72. The van der Waals surface area contributed by atoms with Crippen LogP contribution in [-0.4, -0.2) is 33.1 Å². The van der Waals surface area contributed by atoms with Crippen LogP contribution in [0.3, 0.4) is 0 Å². The van der Waals surface area contributed by atoms with Gasteiger partial charge in [0, 0.05) is 22.2 Å². The first-order chi connectivity index (χ1) is 26.2. The molecule has 0 saturated heterocycles. The van der Waals surface area contributed by atoms with Gasteiger partial charge in [-0.15, -0.1) is 12.4 Å². The fourth-order valence-corrected chi connectivity index (χ4v) is 7.17. The third-order valence-electron chi connectivity index (χ3n) is 9.90. The number of aromatic nitrogens is 4. The minimum Gasteiger partial charge on any atom is -0.494 e. The average Bonchev–Trinajstić information content (AvgIpc) is 4.00. The lowest BCUT2D eigenvalue weighted by Gasteiger charge is -2.08. The number of hydrogen-bond acceptors (Lipinski definition) is 4. The van der Waals surface area contributed by atoms with Crippen molar-refractivity contribution >= 4 is 58.8 Å². The van der Waals surface area contributed by atoms with Crippen LogP contribution in [0.5, 0.6) is 11.5 Å². The van der Waals surface area contributed by atoms with Crippen LogP contribution in [-0.2, 0) is 0 Å². The second kappa shape index (κ2) is 19.3. The third-order valence-corrected chi connectivity index (χ3v) is 9.90. The van der Waals surface area contributed by atoms with Gasteiger partial charge in [0.15, 0.2) is 5.75 Å². The molecule has 7 heteroatoms. The molecule has 0 saturated carbocycles. The van der Waals surface area contributed by atoms with E-state index in [1.54, 1.807) is 0 Å². The highest BCUT2D eigenvalue weighted by Gasteiger charge is 2.17. The van der Waals surface area contributed by atoms with Crippen LogP contribution in [0.25, 0.3) is 68.6 Å². The van der Waals surface area contributed by atoms with Gasteiger partial charge in [-0.05, 0) is 90.7 Å². The number of ether oxygens (including phenoxy) is 2. The number of rotatable bonds is 17. The van der Waals surface area contributed by atoms with Crippen molar-refractivity contribution in [2.75, 3.05) is 13.2 Å². The molecule has 2 aliphatic heterocycles. The molecule has 0 fully saturated rings. The Hall–Kier alpha value is -5.07. The predicted octanol–water partition coefficient (Wildman–Crippen LogP) is 13.5. The van der Waals surface area contributed by atoms with Crippen molar-refractivity contribution in [2.45, 2.75) is 84.5 Å². The maximum absolute atomic E-state index is 6.49. The number of nitrogens with one attached hydrogen (secondary N) is 2. The molecule has 5 aromatic rings. The maximum atomic E-state index is 6.49. The van der Waals surface area contributed by atoms with Gasteiger partial charge in [0.25, 0.3) is 0 Å². The topological polar surface area (TPSA) is 75.8 Å². The summed E-state index contributed by atoms with van der Waals surface area (Å²) in [5.41, 5.74) is 11.5. The number of nitrogens with zero attached hydrogens (tertiary/aromatic N) is 2. The summed E-state index contributed by atoms with van der Waals surface area (Å²) in [6.07, 6.45) is 22.4. The van der Waals surface area contributed by atoms with Gasteiger partial charge in [-0.25, -0.2) is 9.97 Å². The number of benzene rings is 2. The van der Waals surface area contributed by atoms with E-state index in [9.17, 15) is 0 Å². The SMILES string of the molecule is CCCCCCCCCCCCOc1ccc(-c2c3nc(cc4[nH]c(cc5nc(cc6ccc2[nH]6)C=C5)c(-c2ccccc2)c4OCCC)C=C3)cc1.Cl. The van der Waals surface area contributed by atoms with Crippen LogP contribution < -0.4 is 9.47 Å². The molecule has 8 bridgehead atoms. The van der Waals surface area contributed by atoms with Gasteiger partial charge in [0.1, 0.15) is 5.75 Å². The minimum atomic E-state index is 0. The number of halogens is 1. The molecular weight excluding hydrogens is 688 g/mol. The fourth-order valence-electron chi connectivity index (χ4n) is 7.17. The van der Waals surface area contributed by atoms with Gasteiger partial charge < -0.3 is 19.4 Å². The molecule has 7 rings (SSSR count). The van der Waals surface area contributed by atoms with Gasteiger partial charge in [-0.1, -0.05) is 114 Å². The Morgan fingerprint density at radius 2 is 1.15 bits per heavy atom. The highest BCUT2D eigenvalue weighted by Crippen LogP contribution is 2.39. The molecule has 0 aliphatic carbocycles. The van der Waals surface area contributed by atoms with Crippen molar-refractivity contribution in [3.63, 3.8) is 0 Å². The summed E-state index contributed by atoms with van der Waals surface area (Å²) in [7, 11) is 0. The number of H-pyrrole nitrogens is 2. The van der Waals surface area contributed by atoms with Gasteiger partial charge in [0.05, 0.1) is 47.0 Å². The standard InChI is InChI=1S/C47H52N4O2.ClH/c1-3-5-6-7-8-9-10-11-12-16-30-52-40-25-19-35(20-26-40)45-41-27-23-37(49-41)31-36-21-22-38(48-36)32-43-46(34-17-14-13-15-18-34)47(53-29-4-2)44(51-43)33-39-24-28-42(45)50-39;/h13-15,17-28,31-33,49,51H,3-12,16,29-30H2,1-2H3;1H. The zero-order valence-corrected chi connectivity index (χ0v) is 32.5. The van der Waals surface area contributed by atoms with Crippen molar-refractivity contribution < 1.29 is 9.47 Å². The maximum Gasteiger partial charge on any atom is 0.152 e. The normalized spacial score (nSPS) is 11.8. The summed E-state index contributed by atoms with van der Waals surface area (Å²) in [6.45, 7) is 5.76. The van der Waals surface area contributed by atoms with Crippen LogP contribution in [0.2, 0.25) is 0 Å². The second-order valence-electron chi connectivity index (χ2n) is 14.1. The summed E-state index contributed by atoms with van der Waals surface area (Å²) < 4.78 is 12.7. The largest absolute Gasteiger partial charge is 0.494 e. The van der Waals surface area contributed by atoms with E-state index in [-0.39, 0.29) is 12.4 Å². The predicted molar refractivity (Wildman–Crippen MR) is 230 cm³/mol. The van der Waals surface area contributed by atoms with E-state index in [0.29, 0.717) is 6.61 Å². The van der Waals surface area contributed by atoms with E-state index in [1.165, 1.54) is 57.8 Å². The molecule has 2 aliphatic rings. The first-order valence-electron chi connectivity index (χ1n) is 19.7. The molecule has 3 aromatic heterocycles. The Bertz CT molecular complexity index is 2200. The molecule has 0 radical (unpaired) electrons. The number of hydrogen-bond donors (Lipinski definition) is 2. The van der Waals surface area contributed by atoms with E-state index >= 15 is 0 Å². The highest BCUT2D eigenvalue weighted by molar-refractivity contribution is 5.95. The van der Waals surface area contributed by atoms with E-state index in [1.807, 2.05) is 6.07 Å². The van der Waals surface area contributed by atoms with Gasteiger partial charge in [-0.3, -0.25) is 0 Å². The molecule has 0 unspecified atom stereocenters. The number of unbranched alkanes of at least 4 members (excludes halogenated alkanes) is 9. The summed E-state index contributed by atoms with van der Waals surface area (Å²) >= 11 is 0. The molecule has 6 nitrogen and oxygen atoms in total. The van der Waals surface area contributed by atoms with Crippen LogP contribution in [0, 0.1) is 0 Å². The van der Waals surface area contributed by atoms with Gasteiger partial charge >= 0.3 is 0 Å². The van der Waals surface area contributed by atoms with Crippen LogP contribution in [0.4, 0.5) is 0 Å². The average molecular weight is 741 g/mol. The lowest BCUT2D eigenvalue weighted by Crippen LogP contribution is -1.97. The Morgan fingerprint density at radius 3 is 1.89 bits per heavy atom. The lowest BCUT2D eigenvalue weighted by atomic mass is 10.0. The molecule has 2 aromatic carbocycles. The monoisotopic (exact) mass is 740 g/mol. The van der Waals surface area contributed by atoms with Crippen LogP contribution in [0.1, 0.15) is 107 Å². The van der Waals surface area contributed by atoms with Crippen LogP contribution >= 0.6 is 12.4 Å². The third kappa shape index (κ3) is 9.72. The Balaban J connectivity index is 0.00000497. The zero-order chi connectivity index (χ0) is 36.2. The Labute approximate surface area is 326 Å². The van der Waals surface area contributed by atoms with Crippen LogP contribution in [0.15, 0.2) is 84.9 Å². The molecule has 54 heavy (non-hydrogen) atoms. The van der Waals surface area contributed by atoms with E-state index in [0.717, 1.165) is 98.0 Å². The smallest absolute Gasteiger partial charge is 0.152 e. The van der Waals surface area contributed by atoms with Crippen molar-refractivity contribution in [1.29, 1.82) is 0 Å². The molecule has 5 heterocycles. The summed E-state index contributed by atoms with van der Waals surface area (Å²) in [4.78, 5) is 17.5. The Morgan fingerprint density at radius 1 is 0.500 bits per heavy atom. The zero-order valence-electron chi connectivity index (χ0n) is 31.7.